The number of rotatable bonds is 7. The topological polar surface area (TPSA) is 55.8 Å². The van der Waals surface area contributed by atoms with Gasteiger partial charge in [0.25, 0.3) is 10.0 Å². The third kappa shape index (κ3) is 3.86. The predicted molar refractivity (Wildman–Crippen MR) is 101 cm³/mol. The number of sulfonamides is 1. The van der Waals surface area contributed by atoms with Crippen molar-refractivity contribution in [1.82, 2.24) is 0 Å². The lowest BCUT2D eigenvalue weighted by Crippen LogP contribution is -2.31. The van der Waals surface area contributed by atoms with Gasteiger partial charge in [-0.05, 0) is 36.4 Å². The van der Waals surface area contributed by atoms with Crippen molar-refractivity contribution < 1.29 is 17.9 Å². The van der Waals surface area contributed by atoms with Crippen molar-refractivity contribution in [3.63, 3.8) is 0 Å². The van der Waals surface area contributed by atoms with Crippen LogP contribution in [0.5, 0.6) is 11.5 Å². The SMILES string of the molecule is C=CCN(c1ccc(OC)cc1)S(=O)(=O)c1ccc(OC)c(Cl)c1Cl. The molecule has 0 N–H and O–H groups in total. The zero-order valence-electron chi connectivity index (χ0n) is 13.7. The van der Waals surface area contributed by atoms with E-state index >= 15 is 0 Å². The van der Waals surface area contributed by atoms with E-state index in [1.807, 2.05) is 0 Å². The van der Waals surface area contributed by atoms with E-state index in [0.29, 0.717) is 17.2 Å². The fourth-order valence-corrected chi connectivity index (χ4v) is 4.45. The molecular weight excluding hydrogens is 385 g/mol. The molecule has 2 aromatic carbocycles. The van der Waals surface area contributed by atoms with Gasteiger partial charge in [0.2, 0.25) is 0 Å². The maximum Gasteiger partial charge on any atom is 0.266 e. The van der Waals surface area contributed by atoms with Crippen LogP contribution in [-0.2, 0) is 10.0 Å². The molecule has 0 spiro atoms. The van der Waals surface area contributed by atoms with Crippen molar-refractivity contribution >= 4 is 38.9 Å². The predicted octanol–water partition coefficient (Wildman–Crippen LogP) is 4.39. The van der Waals surface area contributed by atoms with Gasteiger partial charge in [-0.1, -0.05) is 29.3 Å². The minimum Gasteiger partial charge on any atom is -0.497 e. The molecule has 2 rings (SSSR count). The summed E-state index contributed by atoms with van der Waals surface area (Å²) in [6, 6.07) is 9.44. The van der Waals surface area contributed by atoms with E-state index in [1.54, 1.807) is 24.3 Å². The van der Waals surface area contributed by atoms with Crippen LogP contribution in [0.15, 0.2) is 53.9 Å². The molecule has 0 saturated heterocycles. The number of nitrogens with zero attached hydrogens (tertiary/aromatic N) is 1. The summed E-state index contributed by atoms with van der Waals surface area (Å²) in [7, 11) is -1.01. The molecule has 0 amide bonds. The first kappa shape index (κ1) is 19.4. The number of halogens is 2. The Bertz CT molecular complexity index is 867. The van der Waals surface area contributed by atoms with E-state index in [2.05, 4.69) is 6.58 Å². The first-order valence-electron chi connectivity index (χ1n) is 7.16. The van der Waals surface area contributed by atoms with Crippen molar-refractivity contribution in [2.45, 2.75) is 4.90 Å². The Morgan fingerprint density at radius 3 is 2.20 bits per heavy atom. The Balaban J connectivity index is 2.56. The molecule has 0 aromatic heterocycles. The van der Waals surface area contributed by atoms with Crippen LogP contribution in [0.25, 0.3) is 0 Å². The molecule has 0 unspecified atom stereocenters. The molecule has 0 aliphatic carbocycles. The van der Waals surface area contributed by atoms with Crippen LogP contribution in [0.2, 0.25) is 10.0 Å². The van der Waals surface area contributed by atoms with Crippen LogP contribution in [0.4, 0.5) is 5.69 Å². The normalized spacial score (nSPS) is 11.0. The first-order valence-corrected chi connectivity index (χ1v) is 9.36. The van der Waals surface area contributed by atoms with E-state index in [9.17, 15) is 8.42 Å². The highest BCUT2D eigenvalue weighted by Crippen LogP contribution is 2.38. The average molecular weight is 402 g/mol. The van der Waals surface area contributed by atoms with Gasteiger partial charge in [-0.25, -0.2) is 8.42 Å². The highest BCUT2D eigenvalue weighted by molar-refractivity contribution is 7.93. The third-order valence-corrected chi connectivity index (χ3v) is 6.27. The fourth-order valence-electron chi connectivity index (χ4n) is 2.20. The molecule has 0 heterocycles. The first-order chi connectivity index (χ1) is 11.9. The Morgan fingerprint density at radius 2 is 1.68 bits per heavy atom. The fraction of sp³-hybridized carbons (Fsp3) is 0.176. The maximum absolute atomic E-state index is 13.1. The molecular formula is C17H17Cl2NO4S. The number of hydrogen-bond acceptors (Lipinski definition) is 4. The van der Waals surface area contributed by atoms with Crippen molar-refractivity contribution in [1.29, 1.82) is 0 Å². The standard InChI is InChI=1S/C17H17Cl2NO4S/c1-4-11-20(12-5-7-13(23-2)8-6-12)25(21,22)15-10-9-14(24-3)16(18)17(15)19/h4-10H,1,11H2,2-3H3. The average Bonchev–Trinajstić information content (AvgIpc) is 2.61. The Kier molecular flexibility index (Phi) is 6.21. The zero-order chi connectivity index (χ0) is 18.6. The number of anilines is 1. The lowest BCUT2D eigenvalue weighted by Gasteiger charge is -2.24. The second kappa shape index (κ2) is 7.99. The lowest BCUT2D eigenvalue weighted by molar-refractivity contribution is 0.414. The van der Waals surface area contributed by atoms with Crippen LogP contribution in [0.3, 0.4) is 0 Å². The van der Waals surface area contributed by atoms with Crippen LogP contribution in [-0.4, -0.2) is 29.2 Å². The van der Waals surface area contributed by atoms with Crippen molar-refractivity contribution in [3.8, 4) is 11.5 Å². The number of benzene rings is 2. The number of ether oxygens (including phenoxy) is 2. The molecule has 5 nitrogen and oxygen atoms in total. The van der Waals surface area contributed by atoms with Crippen molar-refractivity contribution in [2.75, 3.05) is 25.1 Å². The van der Waals surface area contributed by atoms with Gasteiger partial charge in [0, 0.05) is 0 Å². The second-order valence-electron chi connectivity index (χ2n) is 4.92. The third-order valence-electron chi connectivity index (χ3n) is 3.45. The highest BCUT2D eigenvalue weighted by Gasteiger charge is 2.28. The summed E-state index contributed by atoms with van der Waals surface area (Å²) in [5, 5.41) is -0.0536. The van der Waals surface area contributed by atoms with E-state index in [1.165, 1.54) is 36.7 Å². The minimum atomic E-state index is -3.96. The summed E-state index contributed by atoms with van der Waals surface area (Å²) < 4.78 is 37.6. The molecule has 8 heteroatoms. The highest BCUT2D eigenvalue weighted by atomic mass is 35.5. The Morgan fingerprint density at radius 1 is 1.04 bits per heavy atom. The Labute approximate surface area is 157 Å². The monoisotopic (exact) mass is 401 g/mol. The van der Waals surface area contributed by atoms with Crippen LogP contribution >= 0.6 is 23.2 Å². The molecule has 134 valence electrons. The van der Waals surface area contributed by atoms with E-state index < -0.39 is 10.0 Å². The second-order valence-corrected chi connectivity index (χ2v) is 7.50. The van der Waals surface area contributed by atoms with Gasteiger partial charge in [0.1, 0.15) is 21.4 Å². The van der Waals surface area contributed by atoms with Gasteiger partial charge in [-0.2, -0.15) is 0 Å². The van der Waals surface area contributed by atoms with Gasteiger partial charge >= 0.3 is 0 Å². The zero-order valence-corrected chi connectivity index (χ0v) is 16.0. The summed E-state index contributed by atoms with van der Waals surface area (Å²) in [4.78, 5) is -0.113. The number of hydrogen-bond donors (Lipinski definition) is 0. The van der Waals surface area contributed by atoms with Gasteiger partial charge in [-0.3, -0.25) is 4.31 Å². The lowest BCUT2D eigenvalue weighted by atomic mass is 10.3. The molecule has 0 aliphatic rings. The van der Waals surface area contributed by atoms with E-state index in [4.69, 9.17) is 32.7 Å². The van der Waals surface area contributed by atoms with Crippen molar-refractivity contribution in [3.05, 3.63) is 59.1 Å². The summed E-state index contributed by atoms with van der Waals surface area (Å²) >= 11 is 12.3. The van der Waals surface area contributed by atoms with Crippen LogP contribution in [0.1, 0.15) is 0 Å². The van der Waals surface area contributed by atoms with Gasteiger partial charge < -0.3 is 9.47 Å². The molecule has 0 atom stereocenters. The Hall–Kier alpha value is -1.89. The molecule has 0 radical (unpaired) electrons. The smallest absolute Gasteiger partial charge is 0.266 e. The summed E-state index contributed by atoms with van der Waals surface area (Å²) in [6.45, 7) is 3.69. The quantitative estimate of drug-likeness (QED) is 0.645. The molecule has 0 fully saturated rings. The minimum absolute atomic E-state index is 0.0403. The molecule has 0 bridgehead atoms. The van der Waals surface area contributed by atoms with E-state index in [-0.39, 0.29) is 21.5 Å². The van der Waals surface area contributed by atoms with E-state index in [0.717, 1.165) is 0 Å². The molecule has 2 aromatic rings. The van der Waals surface area contributed by atoms with Gasteiger partial charge in [0.15, 0.2) is 0 Å². The summed E-state index contributed by atoms with van der Waals surface area (Å²) in [6.07, 6.45) is 1.49. The summed E-state index contributed by atoms with van der Waals surface area (Å²) in [5.41, 5.74) is 0.448. The summed E-state index contributed by atoms with van der Waals surface area (Å²) in [5.74, 6) is 0.913. The number of methoxy groups -OCH3 is 2. The van der Waals surface area contributed by atoms with Crippen molar-refractivity contribution in [2.24, 2.45) is 0 Å². The maximum atomic E-state index is 13.1. The van der Waals surface area contributed by atoms with Crippen LogP contribution < -0.4 is 13.8 Å². The van der Waals surface area contributed by atoms with Gasteiger partial charge in [-0.15, -0.1) is 6.58 Å². The van der Waals surface area contributed by atoms with Crippen LogP contribution in [0, 0.1) is 0 Å². The van der Waals surface area contributed by atoms with Gasteiger partial charge in [0.05, 0.1) is 31.5 Å². The molecule has 25 heavy (non-hydrogen) atoms. The largest absolute Gasteiger partial charge is 0.497 e. The molecule has 0 aliphatic heterocycles. The molecule has 0 saturated carbocycles.